The van der Waals surface area contributed by atoms with Gasteiger partial charge in [0.1, 0.15) is 6.61 Å². The van der Waals surface area contributed by atoms with Gasteiger partial charge >= 0.3 is 6.09 Å². The van der Waals surface area contributed by atoms with Gasteiger partial charge in [-0.25, -0.2) is 4.79 Å². The first-order valence-electron chi connectivity index (χ1n) is 7.13. The van der Waals surface area contributed by atoms with Crippen molar-refractivity contribution in [3.63, 3.8) is 0 Å². The van der Waals surface area contributed by atoms with Crippen LogP contribution < -0.4 is 5.32 Å². The van der Waals surface area contributed by atoms with E-state index in [0.29, 0.717) is 0 Å². The molecule has 21 heavy (non-hydrogen) atoms. The summed E-state index contributed by atoms with van der Waals surface area (Å²) in [7, 11) is 0. The maximum Gasteiger partial charge on any atom is 0.407 e. The van der Waals surface area contributed by atoms with E-state index in [9.17, 15) is 9.59 Å². The van der Waals surface area contributed by atoms with Crippen molar-refractivity contribution in [3.05, 3.63) is 35.9 Å². The number of nitrogens with one attached hydrogen (secondary N) is 1. The van der Waals surface area contributed by atoms with Crippen LogP contribution in [0.2, 0.25) is 0 Å². The van der Waals surface area contributed by atoms with Gasteiger partial charge in [-0.1, -0.05) is 43.7 Å². The number of alkyl carbamates (subject to hydrolysis) is 1. The van der Waals surface area contributed by atoms with Crippen LogP contribution in [0.4, 0.5) is 4.79 Å². The number of benzene rings is 1. The molecule has 2 atom stereocenters. The Labute approximate surface area is 129 Å². The zero-order valence-corrected chi connectivity index (χ0v) is 12.9. The van der Waals surface area contributed by atoms with E-state index in [4.69, 9.17) is 16.3 Å². The standard InChI is InChI=1S/C16H20ClNO3/c1-16(14(19)10-17)9-5-8-13(16)18-15(20)21-11-12-6-3-2-4-7-12/h2-4,6-7,13H,5,8-11H2,1H3,(H,18,20). The summed E-state index contributed by atoms with van der Waals surface area (Å²) in [6.45, 7) is 2.09. The van der Waals surface area contributed by atoms with Crippen LogP contribution in [0.3, 0.4) is 0 Å². The quantitative estimate of drug-likeness (QED) is 0.849. The second-order valence-electron chi connectivity index (χ2n) is 5.63. The molecule has 5 heteroatoms. The van der Waals surface area contributed by atoms with Gasteiger partial charge in [-0.15, -0.1) is 11.6 Å². The van der Waals surface area contributed by atoms with Crippen LogP contribution in [0.25, 0.3) is 0 Å². The second-order valence-corrected chi connectivity index (χ2v) is 5.89. The lowest BCUT2D eigenvalue weighted by Crippen LogP contribution is -2.47. The van der Waals surface area contributed by atoms with E-state index in [1.165, 1.54) is 0 Å². The molecule has 0 radical (unpaired) electrons. The minimum absolute atomic E-state index is 0.0185. The third-order valence-electron chi connectivity index (χ3n) is 4.22. The second kappa shape index (κ2) is 6.94. The highest BCUT2D eigenvalue weighted by molar-refractivity contribution is 6.28. The molecule has 114 valence electrons. The van der Waals surface area contributed by atoms with Gasteiger partial charge in [0.05, 0.1) is 5.88 Å². The van der Waals surface area contributed by atoms with E-state index in [1.54, 1.807) is 0 Å². The number of carbonyl (C=O) groups excluding carboxylic acids is 2. The molecule has 1 aromatic rings. The van der Waals surface area contributed by atoms with Crippen molar-refractivity contribution in [1.29, 1.82) is 0 Å². The minimum Gasteiger partial charge on any atom is -0.445 e. The van der Waals surface area contributed by atoms with Crippen LogP contribution in [0.5, 0.6) is 0 Å². The highest BCUT2D eigenvalue weighted by atomic mass is 35.5. The van der Waals surface area contributed by atoms with Crippen molar-refractivity contribution in [1.82, 2.24) is 5.32 Å². The molecule has 0 bridgehead atoms. The molecule has 0 aliphatic heterocycles. The van der Waals surface area contributed by atoms with Crippen molar-refractivity contribution in [2.24, 2.45) is 5.41 Å². The average molecular weight is 310 g/mol. The first-order chi connectivity index (χ1) is 10.1. The normalized spacial score (nSPS) is 24.6. The number of halogens is 1. The highest BCUT2D eigenvalue weighted by Gasteiger charge is 2.45. The SMILES string of the molecule is CC1(C(=O)CCl)CCCC1NC(=O)OCc1ccccc1. The summed E-state index contributed by atoms with van der Waals surface area (Å²) in [5, 5.41) is 2.81. The summed E-state index contributed by atoms with van der Waals surface area (Å²) in [4.78, 5) is 23.9. The van der Waals surface area contributed by atoms with E-state index < -0.39 is 11.5 Å². The van der Waals surface area contributed by atoms with Gasteiger partial charge in [0.2, 0.25) is 0 Å². The van der Waals surface area contributed by atoms with Crippen molar-refractivity contribution in [2.75, 3.05) is 5.88 Å². The largest absolute Gasteiger partial charge is 0.445 e. The number of hydrogen-bond acceptors (Lipinski definition) is 3. The fraction of sp³-hybridized carbons (Fsp3) is 0.500. The van der Waals surface area contributed by atoms with Gasteiger partial charge in [-0.3, -0.25) is 4.79 Å². The number of Topliss-reactive ketones (excluding diaryl/α,β-unsaturated/α-hetero) is 1. The molecular formula is C16H20ClNO3. The number of alkyl halides is 1. The summed E-state index contributed by atoms with van der Waals surface area (Å²) in [5.41, 5.74) is 0.353. The monoisotopic (exact) mass is 309 g/mol. The Morgan fingerprint density at radius 2 is 2.10 bits per heavy atom. The van der Waals surface area contributed by atoms with Crippen molar-refractivity contribution in [2.45, 2.75) is 38.8 Å². The van der Waals surface area contributed by atoms with Crippen LogP contribution in [0, 0.1) is 5.41 Å². The molecule has 2 unspecified atom stereocenters. The molecule has 1 amide bonds. The number of amides is 1. The Hall–Kier alpha value is -1.55. The molecule has 0 spiro atoms. The molecule has 1 saturated carbocycles. The van der Waals surface area contributed by atoms with Gasteiger partial charge < -0.3 is 10.1 Å². The van der Waals surface area contributed by atoms with E-state index in [-0.39, 0.29) is 24.3 Å². The fourth-order valence-corrected chi connectivity index (χ4v) is 3.10. The molecule has 0 heterocycles. The molecule has 0 aromatic heterocycles. The Bertz CT molecular complexity index is 506. The molecule has 1 aliphatic carbocycles. The van der Waals surface area contributed by atoms with Gasteiger partial charge in [0.15, 0.2) is 5.78 Å². The molecule has 1 aromatic carbocycles. The molecule has 1 N–H and O–H groups in total. The molecule has 2 rings (SSSR count). The number of ketones is 1. The number of rotatable bonds is 5. The van der Waals surface area contributed by atoms with Gasteiger partial charge in [0, 0.05) is 11.5 Å². The van der Waals surface area contributed by atoms with Crippen molar-refractivity contribution >= 4 is 23.5 Å². The third kappa shape index (κ3) is 3.76. The molecule has 1 aliphatic rings. The van der Waals surface area contributed by atoms with Crippen molar-refractivity contribution < 1.29 is 14.3 Å². The summed E-state index contributed by atoms with van der Waals surface area (Å²) in [6.07, 6.45) is 1.95. The number of ether oxygens (including phenoxy) is 1. The lowest BCUT2D eigenvalue weighted by atomic mass is 9.81. The van der Waals surface area contributed by atoms with E-state index in [0.717, 1.165) is 24.8 Å². The maximum atomic E-state index is 12.0. The zero-order valence-electron chi connectivity index (χ0n) is 12.1. The number of hydrogen-bond donors (Lipinski definition) is 1. The lowest BCUT2D eigenvalue weighted by molar-refractivity contribution is -0.126. The van der Waals surface area contributed by atoms with Crippen LogP contribution in [0.15, 0.2) is 30.3 Å². The Morgan fingerprint density at radius 1 is 1.38 bits per heavy atom. The smallest absolute Gasteiger partial charge is 0.407 e. The highest BCUT2D eigenvalue weighted by Crippen LogP contribution is 2.39. The predicted molar refractivity (Wildman–Crippen MR) is 81.2 cm³/mol. The van der Waals surface area contributed by atoms with Crippen LogP contribution in [-0.2, 0) is 16.1 Å². The zero-order chi connectivity index (χ0) is 15.3. The summed E-state index contributed by atoms with van der Waals surface area (Å²) >= 11 is 5.67. The van der Waals surface area contributed by atoms with E-state index in [1.807, 2.05) is 37.3 Å². The summed E-state index contributed by atoms with van der Waals surface area (Å²) < 4.78 is 5.20. The Balaban J connectivity index is 1.88. The topological polar surface area (TPSA) is 55.4 Å². The van der Waals surface area contributed by atoms with Crippen LogP contribution in [0.1, 0.15) is 31.7 Å². The first-order valence-corrected chi connectivity index (χ1v) is 7.66. The maximum absolute atomic E-state index is 12.0. The van der Waals surface area contributed by atoms with Gasteiger partial charge in [0.25, 0.3) is 0 Å². The fourth-order valence-electron chi connectivity index (χ4n) is 2.79. The minimum atomic E-state index is -0.576. The first kappa shape index (κ1) is 15.8. The Morgan fingerprint density at radius 3 is 2.76 bits per heavy atom. The summed E-state index contributed by atoms with van der Waals surface area (Å²) in [5.74, 6) is -0.0386. The van der Waals surface area contributed by atoms with E-state index in [2.05, 4.69) is 5.32 Å². The van der Waals surface area contributed by atoms with Crippen LogP contribution >= 0.6 is 11.6 Å². The number of carbonyl (C=O) groups is 2. The predicted octanol–water partition coefficient (Wildman–Crippen LogP) is 3.28. The average Bonchev–Trinajstić information content (AvgIpc) is 2.87. The summed E-state index contributed by atoms with van der Waals surface area (Å²) in [6, 6.07) is 9.28. The molecular weight excluding hydrogens is 290 g/mol. The van der Waals surface area contributed by atoms with Crippen LogP contribution in [-0.4, -0.2) is 23.8 Å². The molecule has 0 saturated heterocycles. The van der Waals surface area contributed by atoms with E-state index >= 15 is 0 Å². The van der Waals surface area contributed by atoms with Gasteiger partial charge in [-0.2, -0.15) is 0 Å². The van der Waals surface area contributed by atoms with Crippen molar-refractivity contribution in [3.8, 4) is 0 Å². The lowest BCUT2D eigenvalue weighted by Gasteiger charge is -2.29. The third-order valence-corrected chi connectivity index (χ3v) is 4.46. The molecule has 4 nitrogen and oxygen atoms in total. The Kier molecular flexibility index (Phi) is 5.23. The van der Waals surface area contributed by atoms with Gasteiger partial charge in [-0.05, 0) is 18.4 Å². The molecule has 1 fully saturated rings.